The zero-order chi connectivity index (χ0) is 12.8. The normalized spacial score (nSPS) is 12.5. The Kier molecular flexibility index (Phi) is 5.12. The van der Waals surface area contributed by atoms with Crippen molar-refractivity contribution in [2.45, 2.75) is 13.0 Å². The van der Waals surface area contributed by atoms with Crippen molar-refractivity contribution in [3.63, 3.8) is 0 Å². The topological polar surface area (TPSA) is 43.8 Å². The number of nitrogens with zero attached hydrogens (tertiary/aromatic N) is 2. The number of rotatable bonds is 5. The van der Waals surface area contributed by atoms with Gasteiger partial charge in [0.1, 0.15) is 0 Å². The summed E-state index contributed by atoms with van der Waals surface area (Å²) in [5.74, 6) is 0.0130. The first-order chi connectivity index (χ1) is 8.06. The van der Waals surface area contributed by atoms with E-state index in [1.807, 2.05) is 49.2 Å². The van der Waals surface area contributed by atoms with Gasteiger partial charge in [0, 0.05) is 18.8 Å². The molecule has 1 aromatic carbocycles. The van der Waals surface area contributed by atoms with Gasteiger partial charge in [0.25, 0.3) is 0 Å². The molecule has 1 unspecified atom stereocenters. The molecule has 0 radical (unpaired) electrons. The Hall–Kier alpha value is -1.39. The van der Waals surface area contributed by atoms with Crippen LogP contribution in [-0.4, -0.2) is 49.2 Å². The molecule has 4 heteroatoms. The molecule has 94 valence electrons. The van der Waals surface area contributed by atoms with Crippen molar-refractivity contribution in [2.24, 2.45) is 0 Å². The van der Waals surface area contributed by atoms with Crippen LogP contribution in [0, 0.1) is 0 Å². The van der Waals surface area contributed by atoms with E-state index in [9.17, 15) is 4.79 Å². The van der Waals surface area contributed by atoms with Gasteiger partial charge in [-0.25, -0.2) is 0 Å². The van der Waals surface area contributed by atoms with E-state index in [0.717, 1.165) is 5.69 Å². The highest BCUT2D eigenvalue weighted by Gasteiger charge is 2.16. The first kappa shape index (κ1) is 13.7. The molecule has 0 aliphatic rings. The third kappa shape index (κ3) is 3.84. The molecule has 0 heterocycles. The molecule has 0 aliphatic carbocycles. The van der Waals surface area contributed by atoms with Crippen molar-refractivity contribution in [2.75, 3.05) is 32.1 Å². The summed E-state index contributed by atoms with van der Waals surface area (Å²) in [4.78, 5) is 15.4. The molecule has 0 saturated heterocycles. The molecule has 0 saturated carbocycles. The van der Waals surface area contributed by atoms with Crippen LogP contribution in [-0.2, 0) is 4.79 Å². The van der Waals surface area contributed by atoms with Gasteiger partial charge in [0.05, 0.1) is 13.2 Å². The predicted octanol–water partition coefficient (Wildman–Crippen LogP) is 0.962. The molecule has 0 aliphatic heterocycles. The maximum absolute atomic E-state index is 12.0. The van der Waals surface area contributed by atoms with Crippen molar-refractivity contribution in [3.05, 3.63) is 30.3 Å². The summed E-state index contributed by atoms with van der Waals surface area (Å²) in [6.45, 7) is 2.24. The second-order valence-electron chi connectivity index (χ2n) is 4.24. The monoisotopic (exact) mass is 236 g/mol. The van der Waals surface area contributed by atoms with Crippen LogP contribution in [0.2, 0.25) is 0 Å². The van der Waals surface area contributed by atoms with Gasteiger partial charge < -0.3 is 10.0 Å². The predicted molar refractivity (Wildman–Crippen MR) is 69.0 cm³/mol. The molecule has 1 rings (SSSR count). The minimum atomic E-state index is -0.0110. The smallest absolute Gasteiger partial charge is 0.240 e. The molecule has 1 amide bonds. The van der Waals surface area contributed by atoms with Crippen molar-refractivity contribution in [3.8, 4) is 0 Å². The van der Waals surface area contributed by atoms with E-state index in [1.54, 1.807) is 11.9 Å². The molecule has 0 spiro atoms. The molecule has 0 fully saturated rings. The highest BCUT2D eigenvalue weighted by molar-refractivity contribution is 5.94. The van der Waals surface area contributed by atoms with Gasteiger partial charge >= 0.3 is 0 Å². The summed E-state index contributed by atoms with van der Waals surface area (Å²) in [6.07, 6.45) is 0. The minimum Gasteiger partial charge on any atom is -0.395 e. The Balaban J connectivity index is 2.59. The van der Waals surface area contributed by atoms with Crippen LogP contribution in [0.3, 0.4) is 0 Å². The molecule has 17 heavy (non-hydrogen) atoms. The third-order valence-electron chi connectivity index (χ3n) is 2.92. The lowest BCUT2D eigenvalue weighted by Crippen LogP contribution is -2.41. The van der Waals surface area contributed by atoms with Gasteiger partial charge in [0.2, 0.25) is 5.91 Å². The van der Waals surface area contributed by atoms with Crippen molar-refractivity contribution in [1.82, 2.24) is 4.90 Å². The van der Waals surface area contributed by atoms with Crippen molar-refractivity contribution in [1.29, 1.82) is 0 Å². The molecule has 0 aromatic heterocycles. The van der Waals surface area contributed by atoms with E-state index in [4.69, 9.17) is 5.11 Å². The first-order valence-corrected chi connectivity index (χ1v) is 5.69. The SMILES string of the molecule is CC(CO)N(C)CC(=O)N(C)c1ccccc1. The van der Waals surface area contributed by atoms with Crippen LogP contribution >= 0.6 is 0 Å². The Bertz CT molecular complexity index is 354. The van der Waals surface area contributed by atoms with Crippen LogP contribution in [0.4, 0.5) is 5.69 Å². The summed E-state index contributed by atoms with van der Waals surface area (Å²) < 4.78 is 0. The summed E-state index contributed by atoms with van der Waals surface area (Å²) in [6, 6.07) is 9.50. The van der Waals surface area contributed by atoms with Gasteiger partial charge in [-0.3, -0.25) is 9.69 Å². The number of likely N-dealkylation sites (N-methyl/N-ethyl adjacent to an activating group) is 2. The lowest BCUT2D eigenvalue weighted by atomic mass is 10.2. The van der Waals surface area contributed by atoms with Crippen LogP contribution in [0.25, 0.3) is 0 Å². The van der Waals surface area contributed by atoms with E-state index in [1.165, 1.54) is 0 Å². The lowest BCUT2D eigenvalue weighted by Gasteiger charge is -2.25. The highest BCUT2D eigenvalue weighted by atomic mass is 16.3. The average molecular weight is 236 g/mol. The zero-order valence-electron chi connectivity index (χ0n) is 10.6. The van der Waals surface area contributed by atoms with Gasteiger partial charge in [-0.15, -0.1) is 0 Å². The Morgan fingerprint density at radius 2 is 1.88 bits per heavy atom. The fraction of sp³-hybridized carbons (Fsp3) is 0.462. The summed E-state index contributed by atoms with van der Waals surface area (Å²) in [5, 5.41) is 9.01. The number of para-hydroxylation sites is 1. The number of carbonyl (C=O) groups is 1. The van der Waals surface area contributed by atoms with Crippen LogP contribution in [0.5, 0.6) is 0 Å². The largest absolute Gasteiger partial charge is 0.395 e. The highest BCUT2D eigenvalue weighted by Crippen LogP contribution is 2.11. The summed E-state index contributed by atoms with van der Waals surface area (Å²) >= 11 is 0. The minimum absolute atomic E-state index is 0.0110. The molecule has 1 aromatic rings. The zero-order valence-corrected chi connectivity index (χ0v) is 10.6. The lowest BCUT2D eigenvalue weighted by molar-refractivity contribution is -0.119. The van der Waals surface area contributed by atoms with Crippen LogP contribution in [0.15, 0.2) is 30.3 Å². The number of benzene rings is 1. The standard InChI is InChI=1S/C13H20N2O2/c1-11(10-16)14(2)9-13(17)15(3)12-7-5-4-6-8-12/h4-8,11,16H,9-10H2,1-3H3. The van der Waals surface area contributed by atoms with E-state index in [2.05, 4.69) is 0 Å². The molecule has 1 N–H and O–H groups in total. The number of aliphatic hydroxyl groups is 1. The number of hydrogen-bond donors (Lipinski definition) is 1. The van der Waals surface area contributed by atoms with Crippen molar-refractivity contribution >= 4 is 11.6 Å². The van der Waals surface area contributed by atoms with Crippen LogP contribution in [0.1, 0.15) is 6.92 Å². The van der Waals surface area contributed by atoms with Gasteiger partial charge in [-0.2, -0.15) is 0 Å². The molecule has 1 atom stereocenters. The first-order valence-electron chi connectivity index (χ1n) is 5.69. The van der Waals surface area contributed by atoms with E-state index >= 15 is 0 Å². The third-order valence-corrected chi connectivity index (χ3v) is 2.92. The summed E-state index contributed by atoms with van der Waals surface area (Å²) in [5.41, 5.74) is 0.877. The number of amides is 1. The van der Waals surface area contributed by atoms with Gasteiger partial charge in [0.15, 0.2) is 0 Å². The average Bonchev–Trinajstić information content (AvgIpc) is 2.37. The Morgan fingerprint density at radius 3 is 2.41 bits per heavy atom. The fourth-order valence-corrected chi connectivity index (χ4v) is 1.41. The number of carbonyl (C=O) groups excluding carboxylic acids is 1. The molecule has 0 bridgehead atoms. The second kappa shape index (κ2) is 6.37. The number of anilines is 1. The van der Waals surface area contributed by atoms with E-state index in [0.29, 0.717) is 6.54 Å². The van der Waals surface area contributed by atoms with Gasteiger partial charge in [-0.05, 0) is 26.1 Å². The maximum atomic E-state index is 12.0. The van der Waals surface area contributed by atoms with E-state index < -0.39 is 0 Å². The number of aliphatic hydroxyl groups excluding tert-OH is 1. The Labute approximate surface area is 102 Å². The Morgan fingerprint density at radius 1 is 1.29 bits per heavy atom. The van der Waals surface area contributed by atoms with Gasteiger partial charge in [-0.1, -0.05) is 18.2 Å². The quantitative estimate of drug-likeness (QED) is 0.828. The maximum Gasteiger partial charge on any atom is 0.240 e. The number of hydrogen-bond acceptors (Lipinski definition) is 3. The molecular formula is C13H20N2O2. The second-order valence-corrected chi connectivity index (χ2v) is 4.24. The summed E-state index contributed by atoms with van der Waals surface area (Å²) in [7, 11) is 3.59. The fourth-order valence-electron chi connectivity index (χ4n) is 1.41. The molecule has 4 nitrogen and oxygen atoms in total. The van der Waals surface area contributed by atoms with Crippen LogP contribution < -0.4 is 4.90 Å². The van der Waals surface area contributed by atoms with E-state index in [-0.39, 0.29) is 18.6 Å². The van der Waals surface area contributed by atoms with Crippen molar-refractivity contribution < 1.29 is 9.90 Å². The molecular weight excluding hydrogens is 216 g/mol.